The predicted octanol–water partition coefficient (Wildman–Crippen LogP) is 8.16. The number of amides is 1. The Labute approximate surface area is 208 Å². The van der Waals surface area contributed by atoms with Gasteiger partial charge in [0.15, 0.2) is 0 Å². The molecule has 2 bridgehead atoms. The van der Waals surface area contributed by atoms with Gasteiger partial charge in [-0.3, -0.25) is 0 Å². The molecule has 1 N–H and O–H groups in total. The normalized spacial score (nSPS) is 23.9. The number of carbonyl (C=O) groups is 1. The molecule has 2 heterocycles. The van der Waals surface area contributed by atoms with Crippen LogP contribution in [0.4, 0.5) is 4.79 Å². The summed E-state index contributed by atoms with van der Waals surface area (Å²) in [5.41, 5.74) is 0.416. The number of piperidine rings is 1. The highest BCUT2D eigenvalue weighted by molar-refractivity contribution is 5.69. The van der Waals surface area contributed by atoms with Crippen molar-refractivity contribution >= 4 is 6.09 Å². The van der Waals surface area contributed by atoms with Crippen LogP contribution < -0.4 is 0 Å². The maximum Gasteiger partial charge on any atom is 0.410 e. The highest BCUT2D eigenvalue weighted by Crippen LogP contribution is 2.43. The lowest BCUT2D eigenvalue weighted by molar-refractivity contribution is -0.0554. The second-order valence-corrected chi connectivity index (χ2v) is 11.0. The Morgan fingerprint density at radius 1 is 0.853 bits per heavy atom. The van der Waals surface area contributed by atoms with Gasteiger partial charge in [-0.15, -0.1) is 0 Å². The molecular weight excluding hydrogens is 422 g/mol. The zero-order valence-electron chi connectivity index (χ0n) is 21.7. The van der Waals surface area contributed by atoms with Crippen LogP contribution in [0.3, 0.4) is 0 Å². The Balaban J connectivity index is 1.24. The summed E-state index contributed by atoms with van der Waals surface area (Å²) in [6, 6.07) is 10.1. The molecule has 2 saturated heterocycles. The number of fused-ring (bicyclic) bond motifs is 2. The third-order valence-corrected chi connectivity index (χ3v) is 8.01. The Bertz CT molecular complexity index is 678. The van der Waals surface area contributed by atoms with E-state index in [1.807, 2.05) is 35.2 Å². The molecule has 0 aliphatic carbocycles. The van der Waals surface area contributed by atoms with Gasteiger partial charge in [0.05, 0.1) is 5.60 Å². The van der Waals surface area contributed by atoms with E-state index in [9.17, 15) is 9.90 Å². The second-order valence-electron chi connectivity index (χ2n) is 11.0. The van der Waals surface area contributed by atoms with Crippen molar-refractivity contribution in [2.45, 2.75) is 147 Å². The summed E-state index contributed by atoms with van der Waals surface area (Å²) >= 11 is 0. The molecule has 4 nitrogen and oxygen atoms in total. The molecular formula is C30H49NO3. The monoisotopic (exact) mass is 471 g/mol. The first-order valence-corrected chi connectivity index (χ1v) is 14.3. The molecule has 0 radical (unpaired) electrons. The second kappa shape index (κ2) is 14.8. The molecule has 0 saturated carbocycles. The van der Waals surface area contributed by atoms with Gasteiger partial charge in [-0.05, 0) is 37.7 Å². The van der Waals surface area contributed by atoms with E-state index in [1.54, 1.807) is 0 Å². The molecule has 1 amide bonds. The minimum absolute atomic E-state index is 0.133. The highest BCUT2D eigenvalue weighted by atomic mass is 16.6. The van der Waals surface area contributed by atoms with E-state index >= 15 is 0 Å². The molecule has 0 spiro atoms. The van der Waals surface area contributed by atoms with Crippen LogP contribution in [0.15, 0.2) is 30.3 Å². The number of carbonyl (C=O) groups excluding carboxylic acids is 1. The van der Waals surface area contributed by atoms with Gasteiger partial charge in [0.1, 0.15) is 6.61 Å². The van der Waals surface area contributed by atoms with Gasteiger partial charge in [0, 0.05) is 12.1 Å². The Hall–Kier alpha value is -1.55. The highest BCUT2D eigenvalue weighted by Gasteiger charge is 2.49. The van der Waals surface area contributed by atoms with Crippen LogP contribution in [0.1, 0.15) is 128 Å². The van der Waals surface area contributed by atoms with Crippen LogP contribution in [-0.4, -0.2) is 33.8 Å². The standard InChI is InChI=1S/C30H49NO3/c1-2-3-4-5-6-7-8-9-10-11-12-13-17-22-30(33)23-27-20-21-28(24-30)31(27)29(32)34-25-26-18-15-14-16-19-26/h14-16,18-19,27-28,33H,2-13,17,20-25H2,1H3. The van der Waals surface area contributed by atoms with Crippen molar-refractivity contribution in [1.29, 1.82) is 0 Å². The van der Waals surface area contributed by atoms with Crippen LogP contribution in [0, 0.1) is 0 Å². The van der Waals surface area contributed by atoms with Gasteiger partial charge in [0.2, 0.25) is 0 Å². The molecule has 4 heteroatoms. The van der Waals surface area contributed by atoms with Crippen LogP contribution in [0.2, 0.25) is 0 Å². The van der Waals surface area contributed by atoms with Gasteiger partial charge in [-0.25, -0.2) is 4.79 Å². The number of unbranched alkanes of at least 4 members (excludes halogenated alkanes) is 12. The SMILES string of the molecule is CCCCCCCCCCCCCCCC1(O)CC2CCC(C1)N2C(=O)OCc1ccccc1. The van der Waals surface area contributed by atoms with Crippen LogP contribution in [0.25, 0.3) is 0 Å². The van der Waals surface area contributed by atoms with Gasteiger partial charge in [0.25, 0.3) is 0 Å². The summed E-state index contributed by atoms with van der Waals surface area (Å²) in [6.07, 6.45) is 21.6. The fourth-order valence-electron chi connectivity index (χ4n) is 6.09. The van der Waals surface area contributed by atoms with Crippen molar-refractivity contribution in [1.82, 2.24) is 4.90 Å². The van der Waals surface area contributed by atoms with Crippen LogP contribution in [0.5, 0.6) is 0 Å². The lowest BCUT2D eigenvalue weighted by Crippen LogP contribution is -2.53. The molecule has 2 atom stereocenters. The van der Waals surface area contributed by atoms with E-state index in [1.165, 1.54) is 77.0 Å². The average molecular weight is 472 g/mol. The van der Waals surface area contributed by atoms with Crippen molar-refractivity contribution in [3.63, 3.8) is 0 Å². The van der Waals surface area contributed by atoms with Crippen molar-refractivity contribution < 1.29 is 14.6 Å². The van der Waals surface area contributed by atoms with Gasteiger partial charge >= 0.3 is 6.09 Å². The zero-order valence-corrected chi connectivity index (χ0v) is 21.7. The zero-order chi connectivity index (χ0) is 24.1. The largest absolute Gasteiger partial charge is 0.445 e. The lowest BCUT2D eigenvalue weighted by Gasteiger charge is -2.43. The van der Waals surface area contributed by atoms with E-state index < -0.39 is 5.60 Å². The minimum Gasteiger partial charge on any atom is -0.445 e. The molecule has 34 heavy (non-hydrogen) atoms. The Morgan fingerprint density at radius 2 is 1.35 bits per heavy atom. The third kappa shape index (κ3) is 8.91. The molecule has 3 rings (SSSR count). The first kappa shape index (κ1) is 27.0. The first-order chi connectivity index (χ1) is 16.6. The van der Waals surface area contributed by atoms with E-state index in [4.69, 9.17) is 4.74 Å². The fraction of sp³-hybridized carbons (Fsp3) is 0.767. The minimum atomic E-state index is -0.597. The first-order valence-electron chi connectivity index (χ1n) is 14.3. The Morgan fingerprint density at radius 3 is 1.88 bits per heavy atom. The average Bonchev–Trinajstić information content (AvgIpc) is 3.13. The number of ether oxygens (including phenoxy) is 1. The van der Waals surface area contributed by atoms with Crippen molar-refractivity contribution in [2.75, 3.05) is 0 Å². The van der Waals surface area contributed by atoms with Crippen LogP contribution >= 0.6 is 0 Å². The summed E-state index contributed by atoms with van der Waals surface area (Å²) < 4.78 is 5.60. The molecule has 2 fully saturated rings. The topological polar surface area (TPSA) is 49.8 Å². The number of rotatable bonds is 16. The van der Waals surface area contributed by atoms with E-state index in [0.29, 0.717) is 19.4 Å². The van der Waals surface area contributed by atoms with Gasteiger partial charge < -0.3 is 14.7 Å². The van der Waals surface area contributed by atoms with E-state index in [2.05, 4.69) is 6.92 Å². The number of benzene rings is 1. The van der Waals surface area contributed by atoms with Gasteiger partial charge in [-0.2, -0.15) is 0 Å². The number of hydrogen-bond donors (Lipinski definition) is 1. The summed E-state index contributed by atoms with van der Waals surface area (Å²) in [5.74, 6) is 0. The molecule has 192 valence electrons. The van der Waals surface area contributed by atoms with Crippen molar-refractivity contribution in [3.8, 4) is 0 Å². The summed E-state index contributed by atoms with van der Waals surface area (Å²) in [6.45, 7) is 2.60. The molecule has 1 aromatic rings. The fourth-order valence-corrected chi connectivity index (χ4v) is 6.09. The van der Waals surface area contributed by atoms with Crippen molar-refractivity contribution in [3.05, 3.63) is 35.9 Å². The van der Waals surface area contributed by atoms with Crippen molar-refractivity contribution in [2.24, 2.45) is 0 Å². The quantitative estimate of drug-likeness (QED) is 0.247. The molecule has 2 aliphatic rings. The molecule has 1 aromatic carbocycles. The molecule has 2 unspecified atom stereocenters. The molecule has 2 aliphatic heterocycles. The summed E-state index contributed by atoms with van der Waals surface area (Å²) in [4.78, 5) is 14.7. The summed E-state index contributed by atoms with van der Waals surface area (Å²) in [7, 11) is 0. The number of hydrogen-bond acceptors (Lipinski definition) is 3. The number of aliphatic hydroxyl groups is 1. The van der Waals surface area contributed by atoms with Crippen LogP contribution in [-0.2, 0) is 11.3 Å². The Kier molecular flexibility index (Phi) is 11.7. The third-order valence-electron chi connectivity index (χ3n) is 8.01. The molecule has 0 aromatic heterocycles. The maximum absolute atomic E-state index is 12.8. The van der Waals surface area contributed by atoms with E-state index in [-0.39, 0.29) is 18.2 Å². The number of nitrogens with zero attached hydrogens (tertiary/aromatic N) is 1. The maximum atomic E-state index is 12.8. The predicted molar refractivity (Wildman–Crippen MR) is 140 cm³/mol. The smallest absolute Gasteiger partial charge is 0.410 e. The lowest BCUT2D eigenvalue weighted by atomic mass is 9.82. The summed E-state index contributed by atoms with van der Waals surface area (Å²) in [5, 5.41) is 11.3. The van der Waals surface area contributed by atoms with Gasteiger partial charge in [-0.1, -0.05) is 121 Å². The van der Waals surface area contributed by atoms with E-state index in [0.717, 1.165) is 31.2 Å².